The summed E-state index contributed by atoms with van der Waals surface area (Å²) in [6.07, 6.45) is 5.98. The molecule has 31 heavy (non-hydrogen) atoms. The van der Waals surface area contributed by atoms with Crippen LogP contribution in [0.1, 0.15) is 17.5 Å². The number of aliphatic imine (C=N–C) groups is 1. The number of hydrogen-bond donors (Lipinski definition) is 2. The van der Waals surface area contributed by atoms with Crippen LogP contribution in [0.2, 0.25) is 0 Å². The Hall–Kier alpha value is -3.86. The van der Waals surface area contributed by atoms with Crippen molar-refractivity contribution in [2.45, 2.75) is 12.5 Å². The number of carbonyl (C=O) groups excluding carboxylic acids is 1. The van der Waals surface area contributed by atoms with E-state index in [1.165, 1.54) is 6.08 Å². The Morgan fingerprint density at radius 2 is 2.03 bits per heavy atom. The van der Waals surface area contributed by atoms with Crippen LogP contribution in [0.5, 0.6) is 11.5 Å². The predicted molar refractivity (Wildman–Crippen MR) is 119 cm³/mol. The highest BCUT2D eigenvalue weighted by molar-refractivity contribution is 6.06. The van der Waals surface area contributed by atoms with Gasteiger partial charge in [0.1, 0.15) is 24.0 Å². The predicted octanol–water partition coefficient (Wildman–Crippen LogP) is 2.26. The molecular formula is C23H25N5O3. The number of methoxy groups -OCH3 is 2. The first-order chi connectivity index (χ1) is 15.1. The van der Waals surface area contributed by atoms with Gasteiger partial charge in [-0.1, -0.05) is 6.58 Å². The Bertz CT molecular complexity index is 1060. The summed E-state index contributed by atoms with van der Waals surface area (Å²) in [5, 5.41) is 3.35. The van der Waals surface area contributed by atoms with Crippen molar-refractivity contribution in [1.82, 2.24) is 14.8 Å². The summed E-state index contributed by atoms with van der Waals surface area (Å²) in [5.41, 5.74) is 2.72. The molecule has 1 aromatic carbocycles. The Labute approximate surface area is 181 Å². The fourth-order valence-electron chi connectivity index (χ4n) is 3.67. The van der Waals surface area contributed by atoms with Crippen LogP contribution in [0.15, 0.2) is 48.2 Å². The number of aromatic nitrogens is 1. The summed E-state index contributed by atoms with van der Waals surface area (Å²) >= 11 is 0. The molecule has 4 rings (SSSR count). The van der Waals surface area contributed by atoms with E-state index >= 15 is 0 Å². The van der Waals surface area contributed by atoms with Crippen molar-refractivity contribution in [3.05, 3.63) is 54.4 Å². The zero-order chi connectivity index (χ0) is 21.8. The van der Waals surface area contributed by atoms with E-state index in [2.05, 4.69) is 28.8 Å². The van der Waals surface area contributed by atoms with Crippen molar-refractivity contribution in [1.29, 1.82) is 0 Å². The van der Waals surface area contributed by atoms with Crippen LogP contribution in [-0.4, -0.2) is 66.5 Å². The number of carbonyl (C=O) groups is 1. The quantitative estimate of drug-likeness (QED) is 0.587. The Kier molecular flexibility index (Phi) is 5.85. The highest BCUT2D eigenvalue weighted by Gasteiger charge is 2.28. The van der Waals surface area contributed by atoms with Crippen molar-refractivity contribution in [3.63, 3.8) is 0 Å². The molecule has 1 atom stereocenters. The molecular weight excluding hydrogens is 394 g/mol. The zero-order valence-electron chi connectivity index (χ0n) is 17.6. The molecule has 160 valence electrons. The van der Waals surface area contributed by atoms with Gasteiger partial charge in [0, 0.05) is 43.2 Å². The topological polar surface area (TPSA) is 82.2 Å². The number of amidine groups is 1. The first-order valence-electron chi connectivity index (χ1n) is 10.0. The molecule has 8 nitrogen and oxygen atoms in total. The largest absolute Gasteiger partial charge is 0.497 e. The lowest BCUT2D eigenvalue weighted by atomic mass is 10.2. The van der Waals surface area contributed by atoms with Gasteiger partial charge in [-0.05, 0) is 30.6 Å². The van der Waals surface area contributed by atoms with Crippen molar-refractivity contribution in [2.75, 3.05) is 39.3 Å². The van der Waals surface area contributed by atoms with Gasteiger partial charge in [0.2, 0.25) is 5.91 Å². The Morgan fingerprint density at radius 1 is 1.26 bits per heavy atom. The van der Waals surface area contributed by atoms with E-state index in [0.717, 1.165) is 29.1 Å². The molecule has 1 unspecified atom stereocenters. The van der Waals surface area contributed by atoms with E-state index in [4.69, 9.17) is 14.5 Å². The summed E-state index contributed by atoms with van der Waals surface area (Å²) in [6.45, 7) is 5.33. The number of likely N-dealkylation sites (tertiary alicyclic amines) is 1. The molecule has 0 saturated carbocycles. The van der Waals surface area contributed by atoms with E-state index < -0.39 is 0 Å². The van der Waals surface area contributed by atoms with Gasteiger partial charge in [-0.3, -0.25) is 14.7 Å². The van der Waals surface area contributed by atoms with Crippen LogP contribution < -0.4 is 14.8 Å². The summed E-state index contributed by atoms with van der Waals surface area (Å²) in [6, 6.07) is 8.76. The molecule has 1 saturated heterocycles. The van der Waals surface area contributed by atoms with Gasteiger partial charge in [-0.25, -0.2) is 0 Å². The van der Waals surface area contributed by atoms with E-state index in [9.17, 15) is 4.79 Å². The van der Waals surface area contributed by atoms with Crippen LogP contribution >= 0.6 is 0 Å². The van der Waals surface area contributed by atoms with Crippen LogP contribution in [0.4, 0.5) is 5.69 Å². The molecule has 3 heterocycles. The average molecular weight is 419 g/mol. The first kappa shape index (κ1) is 20.4. The van der Waals surface area contributed by atoms with E-state index in [1.54, 1.807) is 19.1 Å². The second-order valence-electron chi connectivity index (χ2n) is 7.27. The third-order valence-electron chi connectivity index (χ3n) is 5.31. The standard InChI is InChI=1S/C23H25N5O3/c1-4-22(29)27-8-6-17(14-27)26-23-20-12-24-13-21(20)25-15-28(23)7-5-16-9-18(30-2)11-19(10-16)31-3/h4,9-13,17,24-25H,1,6,8,14-15H2,2-3H3. The molecule has 2 N–H and O–H groups in total. The number of nitrogens with zero attached hydrogens (tertiary/aromatic N) is 3. The van der Waals surface area contributed by atoms with E-state index in [-0.39, 0.29) is 11.9 Å². The number of fused-ring (bicyclic) bond motifs is 1. The van der Waals surface area contributed by atoms with Crippen LogP contribution in [-0.2, 0) is 4.79 Å². The summed E-state index contributed by atoms with van der Waals surface area (Å²) < 4.78 is 10.7. The van der Waals surface area contributed by atoms with Gasteiger partial charge in [-0.15, -0.1) is 0 Å². The number of ether oxygens (including phenoxy) is 2. The third kappa shape index (κ3) is 4.36. The zero-order valence-corrected chi connectivity index (χ0v) is 17.6. The number of aromatic amines is 1. The van der Waals surface area contributed by atoms with E-state index in [0.29, 0.717) is 31.3 Å². The van der Waals surface area contributed by atoms with Gasteiger partial charge >= 0.3 is 0 Å². The fraction of sp³-hybridized carbons (Fsp3) is 0.304. The maximum Gasteiger partial charge on any atom is 0.246 e. The second-order valence-corrected chi connectivity index (χ2v) is 7.27. The van der Waals surface area contributed by atoms with Gasteiger partial charge in [-0.2, -0.15) is 0 Å². The number of anilines is 1. The fourth-order valence-corrected chi connectivity index (χ4v) is 3.67. The average Bonchev–Trinajstić information content (AvgIpc) is 3.47. The third-order valence-corrected chi connectivity index (χ3v) is 5.31. The van der Waals surface area contributed by atoms with Crippen molar-refractivity contribution in [2.24, 2.45) is 4.99 Å². The molecule has 1 aromatic heterocycles. The number of rotatable bonds is 4. The van der Waals surface area contributed by atoms with E-state index in [1.807, 2.05) is 35.5 Å². The molecule has 0 aliphatic carbocycles. The van der Waals surface area contributed by atoms with Gasteiger partial charge < -0.3 is 24.7 Å². The van der Waals surface area contributed by atoms with Crippen molar-refractivity contribution in [3.8, 4) is 23.5 Å². The molecule has 0 spiro atoms. The highest BCUT2D eigenvalue weighted by atomic mass is 16.5. The smallest absolute Gasteiger partial charge is 0.246 e. The molecule has 2 aromatic rings. The summed E-state index contributed by atoms with van der Waals surface area (Å²) in [4.78, 5) is 23.7. The second kappa shape index (κ2) is 8.88. The normalized spacial score (nSPS) is 18.6. The minimum atomic E-state index is -0.0565. The lowest BCUT2D eigenvalue weighted by molar-refractivity contribution is -0.125. The van der Waals surface area contributed by atoms with Crippen LogP contribution in [0.25, 0.3) is 0 Å². The first-order valence-corrected chi connectivity index (χ1v) is 10.0. The molecule has 2 aliphatic rings. The minimum Gasteiger partial charge on any atom is -0.497 e. The SMILES string of the molecule is C=CC(=O)N1CCC(N=C2c3c[nH]cc3NCN2C#Cc2cc(OC)cc(OC)c2)C1. The van der Waals surface area contributed by atoms with Crippen LogP contribution in [0.3, 0.4) is 0 Å². The van der Waals surface area contributed by atoms with Gasteiger partial charge in [0.25, 0.3) is 0 Å². The number of hydrogen-bond acceptors (Lipinski definition) is 5. The number of amides is 1. The van der Waals surface area contributed by atoms with Crippen molar-refractivity contribution >= 4 is 17.4 Å². The monoisotopic (exact) mass is 419 g/mol. The summed E-state index contributed by atoms with van der Waals surface area (Å²) in [7, 11) is 3.22. The molecule has 8 heteroatoms. The molecule has 2 aliphatic heterocycles. The lowest BCUT2D eigenvalue weighted by Crippen LogP contribution is -2.37. The molecule has 0 bridgehead atoms. The molecule has 0 radical (unpaired) electrons. The number of H-pyrrole nitrogens is 1. The summed E-state index contributed by atoms with van der Waals surface area (Å²) in [5.74, 6) is 5.28. The molecule has 1 amide bonds. The number of benzene rings is 1. The van der Waals surface area contributed by atoms with Crippen molar-refractivity contribution < 1.29 is 14.3 Å². The van der Waals surface area contributed by atoms with Gasteiger partial charge in [0.05, 0.1) is 31.5 Å². The van der Waals surface area contributed by atoms with Crippen LogP contribution in [0, 0.1) is 12.0 Å². The highest BCUT2D eigenvalue weighted by Crippen LogP contribution is 2.25. The van der Waals surface area contributed by atoms with Gasteiger partial charge in [0.15, 0.2) is 0 Å². The lowest BCUT2D eigenvalue weighted by Gasteiger charge is -2.27. The maximum absolute atomic E-state index is 11.9. The minimum absolute atomic E-state index is 0.0148. The number of nitrogens with one attached hydrogen (secondary N) is 2. The Balaban J connectivity index is 1.63. The molecule has 1 fully saturated rings. The maximum atomic E-state index is 11.9. The Morgan fingerprint density at radius 3 is 2.74 bits per heavy atom.